The molecule has 4 aliphatic heterocycles. The van der Waals surface area contributed by atoms with Crippen LogP contribution in [0.15, 0.2) is 142 Å². The molecule has 4 fully saturated rings. The Bertz CT molecular complexity index is 3380. The molecule has 4 saturated heterocycles. The maximum atomic E-state index is 14.5. The first kappa shape index (κ1) is 58.3. The molecule has 0 spiro atoms. The number of carbonyl (C=O) groups excluding carboxylic acids is 3. The van der Waals surface area contributed by atoms with Gasteiger partial charge in [-0.25, -0.2) is 26.4 Å². The molecule has 22 heteroatoms. The third-order valence-corrected chi connectivity index (χ3v) is 20.5. The van der Waals surface area contributed by atoms with E-state index in [9.17, 15) is 44.4 Å². The monoisotopic (exact) mass is 1190 g/mol. The first-order valence-electron chi connectivity index (χ1n) is 27.3. The van der Waals surface area contributed by atoms with E-state index in [1.165, 1.54) is 45.5 Å². The van der Waals surface area contributed by atoms with Crippen LogP contribution < -0.4 is 25.2 Å². The van der Waals surface area contributed by atoms with E-state index in [1.807, 2.05) is 71.5 Å². The van der Waals surface area contributed by atoms with Gasteiger partial charge in [0.05, 0.1) is 10.6 Å². The molecule has 3 N–H and O–H groups in total. The molecule has 5 aromatic rings. The number of carbonyl (C=O) groups is 3. The molecule has 4 amide bonds. The predicted octanol–water partition coefficient (Wildman–Crippen LogP) is 9.91. The Morgan fingerprint density at radius 2 is 1.48 bits per heavy atom. The number of sulfone groups is 1. The lowest BCUT2D eigenvalue weighted by Gasteiger charge is -2.39. The van der Waals surface area contributed by atoms with Crippen LogP contribution in [0.3, 0.4) is 0 Å². The lowest BCUT2D eigenvalue weighted by atomic mass is 9.73. The number of allylic oxidation sites excluding steroid dienone is 1. The summed E-state index contributed by atoms with van der Waals surface area (Å²) < 4.78 is 99.8. The third-order valence-electron chi connectivity index (χ3n) is 16.2. The van der Waals surface area contributed by atoms with Gasteiger partial charge in [0.25, 0.3) is 25.8 Å². The minimum atomic E-state index is -6.12. The van der Waals surface area contributed by atoms with Gasteiger partial charge in [-0.1, -0.05) is 73.5 Å². The summed E-state index contributed by atoms with van der Waals surface area (Å²) in [5, 5.41) is 6.13. The van der Waals surface area contributed by atoms with Gasteiger partial charge in [0.15, 0.2) is 0 Å². The zero-order chi connectivity index (χ0) is 57.3. The predicted molar refractivity (Wildman–Crippen MR) is 311 cm³/mol. The number of hydrogen-bond donors (Lipinski definition) is 3. The van der Waals surface area contributed by atoms with Gasteiger partial charge >= 0.3 is 11.5 Å². The number of benzene rings is 5. The Balaban J connectivity index is 0.777. The molecule has 4 heterocycles. The fourth-order valence-corrected chi connectivity index (χ4v) is 14.9. The van der Waals surface area contributed by atoms with Crippen LogP contribution in [0, 0.1) is 5.41 Å². The molecule has 2 bridgehead atoms. The number of hydrogen-bond acceptors (Lipinski definition) is 13. The van der Waals surface area contributed by atoms with Crippen LogP contribution in [0.4, 0.5) is 35.0 Å². The number of likely N-dealkylation sites (tertiary alicyclic amines) is 2. The Morgan fingerprint density at radius 3 is 2.15 bits per heavy atom. The number of nitrogens with one attached hydrogen (secondary N) is 3. The van der Waals surface area contributed by atoms with Crippen LogP contribution in [-0.2, 0) is 31.2 Å². The van der Waals surface area contributed by atoms with Crippen LogP contribution in [0.25, 0.3) is 5.57 Å². The van der Waals surface area contributed by atoms with Crippen molar-refractivity contribution in [3.05, 3.63) is 149 Å². The number of halogens is 4. The fourth-order valence-electron chi connectivity index (χ4n) is 11.8. The highest BCUT2D eigenvalue weighted by Crippen LogP contribution is 2.43. The van der Waals surface area contributed by atoms with Crippen molar-refractivity contribution >= 4 is 83.7 Å². The highest BCUT2D eigenvalue weighted by molar-refractivity contribution is 7.99. The second-order valence-electron chi connectivity index (χ2n) is 22.4. The zero-order valence-corrected chi connectivity index (χ0v) is 48.3. The molecule has 10 rings (SSSR count). The first-order valence-corrected chi connectivity index (χ1v) is 31.6. The molecule has 5 aromatic carbocycles. The number of rotatable bonds is 19. The van der Waals surface area contributed by atoms with Gasteiger partial charge < -0.3 is 10.2 Å². The quantitative estimate of drug-likeness (QED) is 0.0668. The second-order valence-corrected chi connectivity index (χ2v) is 27.5. The van der Waals surface area contributed by atoms with Crippen molar-refractivity contribution in [2.24, 2.45) is 5.41 Å². The number of anilines is 3. The van der Waals surface area contributed by atoms with Crippen molar-refractivity contribution < 1.29 is 44.4 Å². The molecule has 0 unspecified atom stereocenters. The number of sulfonamides is 1. The fraction of sp³-hybridized carbons (Fsp3) is 0.407. The Kier molecular flexibility index (Phi) is 17.3. The number of alkyl halides is 3. The average Bonchev–Trinajstić information content (AvgIpc) is 4.10. The molecule has 0 aromatic heterocycles. The number of urea groups is 1. The van der Waals surface area contributed by atoms with Crippen LogP contribution >= 0.6 is 23.4 Å². The number of piperazine rings is 2. The average molecular weight is 1190 g/mol. The van der Waals surface area contributed by atoms with E-state index in [0.717, 1.165) is 99.8 Å². The van der Waals surface area contributed by atoms with Crippen molar-refractivity contribution in [2.75, 3.05) is 79.8 Å². The Labute approximate surface area is 481 Å². The van der Waals surface area contributed by atoms with Crippen molar-refractivity contribution in [3.8, 4) is 0 Å². The van der Waals surface area contributed by atoms with Gasteiger partial charge in [0, 0.05) is 123 Å². The van der Waals surface area contributed by atoms with Gasteiger partial charge in [0.1, 0.15) is 4.90 Å². The van der Waals surface area contributed by atoms with E-state index >= 15 is 0 Å². The summed E-state index contributed by atoms with van der Waals surface area (Å²) in [7, 11) is -11.0. The molecule has 1 aliphatic carbocycles. The summed E-state index contributed by atoms with van der Waals surface area (Å²) in [4.78, 5) is 47.2. The minimum Gasteiger partial charge on any atom is -0.380 e. The normalized spacial score (nSPS) is 20.6. The molecular weight excluding hydrogens is 1120 g/mol. The van der Waals surface area contributed by atoms with Crippen LogP contribution in [0.5, 0.6) is 0 Å². The summed E-state index contributed by atoms with van der Waals surface area (Å²) in [6.45, 7) is 11.7. The number of thioether (sulfide) groups is 1. The van der Waals surface area contributed by atoms with Crippen molar-refractivity contribution in [1.82, 2.24) is 24.7 Å². The van der Waals surface area contributed by atoms with Gasteiger partial charge in [-0.2, -0.15) is 13.2 Å². The topological polar surface area (TPSA) is 172 Å². The van der Waals surface area contributed by atoms with Gasteiger partial charge in [-0.05, 0) is 133 Å². The molecule has 15 nitrogen and oxygen atoms in total. The van der Waals surface area contributed by atoms with E-state index in [-0.39, 0.29) is 35.4 Å². The largest absolute Gasteiger partial charge is 0.501 e. The molecule has 81 heavy (non-hydrogen) atoms. The summed E-state index contributed by atoms with van der Waals surface area (Å²) in [5.41, 5.74) is 0.642. The number of imide groups is 1. The van der Waals surface area contributed by atoms with Crippen molar-refractivity contribution in [1.29, 1.82) is 0 Å². The van der Waals surface area contributed by atoms with Crippen LogP contribution in [0.1, 0.15) is 73.9 Å². The molecule has 3 atom stereocenters. The Morgan fingerprint density at radius 1 is 0.802 bits per heavy atom. The molecular formula is C59H66ClF3N8O7S3. The lowest BCUT2D eigenvalue weighted by molar-refractivity contribution is -0.120. The third kappa shape index (κ3) is 13.8. The van der Waals surface area contributed by atoms with E-state index in [2.05, 4.69) is 56.2 Å². The standard InChI is InChI=1S/C59H66ClF3N8O7S3/c1-58(2)25-22-52(41-10-14-44(60)15-11-41)43(34-58)36-67-28-30-68(31-29-67)46-18-12-42(13-19-46)56(73)66-81(77,78)51-20-21-53(54(33-51)80(75,76)59(61,62)63)64-45(39-79-50-6-4-3-5-7-50)23-26-69-37-49-32-48(69)38-70(49)35-40-8-16-47(17-9-40)71-27-24-55(72)65-57(71)74/h3-21,33,45,48-49,64H,22-32,34-39H2,1-2H3,(H,66,73)(H,65,72,74)/t45-,48+,49+/m1/s1. The molecule has 0 radical (unpaired) electrons. The minimum absolute atomic E-state index is 0.0153. The van der Waals surface area contributed by atoms with Crippen molar-refractivity contribution in [2.45, 2.75) is 97.2 Å². The van der Waals surface area contributed by atoms with E-state index < -0.39 is 58.8 Å². The van der Waals surface area contributed by atoms with E-state index in [1.54, 1.807) is 12.1 Å². The van der Waals surface area contributed by atoms with Crippen LogP contribution in [0.2, 0.25) is 5.02 Å². The highest BCUT2D eigenvalue weighted by Gasteiger charge is 2.49. The van der Waals surface area contributed by atoms with E-state index in [0.29, 0.717) is 48.6 Å². The van der Waals surface area contributed by atoms with E-state index in [4.69, 9.17) is 11.6 Å². The maximum absolute atomic E-state index is 14.5. The van der Waals surface area contributed by atoms with Crippen molar-refractivity contribution in [3.63, 3.8) is 0 Å². The summed E-state index contributed by atoms with van der Waals surface area (Å²) in [5.74, 6) is -0.996. The zero-order valence-electron chi connectivity index (χ0n) is 45.1. The maximum Gasteiger partial charge on any atom is 0.501 e. The van der Waals surface area contributed by atoms with Gasteiger partial charge in [-0.15, -0.1) is 11.8 Å². The molecule has 5 aliphatic rings. The molecule has 430 valence electrons. The highest BCUT2D eigenvalue weighted by atomic mass is 35.5. The lowest BCUT2D eigenvalue weighted by Crippen LogP contribution is -2.49. The number of fused-ring (bicyclic) bond motifs is 2. The Hall–Kier alpha value is -5.94. The van der Waals surface area contributed by atoms with Gasteiger partial charge in [-0.3, -0.25) is 34.5 Å². The summed E-state index contributed by atoms with van der Waals surface area (Å²) >= 11 is 7.66. The van der Waals surface area contributed by atoms with Gasteiger partial charge in [0.2, 0.25) is 5.91 Å². The summed E-state index contributed by atoms with van der Waals surface area (Å²) in [6, 6.07) is 33.5. The second kappa shape index (κ2) is 24.1. The number of nitrogens with zero attached hydrogens (tertiary/aromatic N) is 5. The first-order chi connectivity index (χ1) is 38.6. The molecule has 0 saturated carbocycles. The summed E-state index contributed by atoms with van der Waals surface area (Å²) in [6.07, 6.45) is 4.70. The van der Waals surface area contributed by atoms with Crippen LogP contribution in [-0.4, -0.2) is 138 Å². The SMILES string of the molecule is CC1(C)CCC(c2ccc(Cl)cc2)=C(CN2CCN(c3ccc(C(=O)NS(=O)(=O)c4ccc(N[C@H](CCN5C[C@@H]6C[C@H]5CN6Cc5ccc(N6CCC(=O)NC6=O)cc5)CSc5ccccc5)c(S(=O)(=O)C(F)(F)F)c4)cc3)CC2)C1. The smallest absolute Gasteiger partial charge is 0.380 e. The number of amides is 4.